The zero-order valence-corrected chi connectivity index (χ0v) is 24.4. The summed E-state index contributed by atoms with van der Waals surface area (Å²) in [6.07, 6.45) is -3.47. The van der Waals surface area contributed by atoms with E-state index >= 15 is 0 Å². The smallest absolute Gasteiger partial charge is 0.386 e. The Morgan fingerprint density at radius 3 is 2.26 bits per heavy atom. The van der Waals surface area contributed by atoms with Gasteiger partial charge >= 0.3 is 6.18 Å². The Balaban J connectivity index is 1.28. The third-order valence-corrected chi connectivity index (χ3v) is 9.60. The molecule has 2 amide bonds. The molecule has 0 saturated carbocycles. The first-order valence-electron chi connectivity index (χ1n) is 13.5. The Morgan fingerprint density at radius 2 is 1.70 bits per heavy atom. The molecule has 2 N–H and O–H groups in total. The molecular weight excluding hydrogens is 592 g/mol. The van der Waals surface area contributed by atoms with Crippen LogP contribution in [0.3, 0.4) is 0 Å². The summed E-state index contributed by atoms with van der Waals surface area (Å²) in [6.45, 7) is 5.54. The number of nitrogens with zero attached hydrogens (tertiary/aromatic N) is 3. The highest BCUT2D eigenvalue weighted by atomic mass is 32.2. The summed E-state index contributed by atoms with van der Waals surface area (Å²) in [5.74, 6) is -2.35. The predicted molar refractivity (Wildman–Crippen MR) is 150 cm³/mol. The van der Waals surface area contributed by atoms with Crippen molar-refractivity contribution in [2.45, 2.75) is 50.9 Å². The number of β-amino-alcohol motifs (C(OH)–C–C–N with tert-alkyl or cyclic N) is 1. The van der Waals surface area contributed by atoms with Gasteiger partial charge in [-0.25, -0.2) is 12.8 Å². The first kappa shape index (κ1) is 30.8. The second-order valence-corrected chi connectivity index (χ2v) is 13.4. The maximum absolute atomic E-state index is 13.7. The van der Waals surface area contributed by atoms with Gasteiger partial charge in [0.2, 0.25) is 10.0 Å². The Bertz CT molecular complexity index is 1640. The minimum atomic E-state index is -4.93. The Hall–Kier alpha value is -3.62. The van der Waals surface area contributed by atoms with Gasteiger partial charge in [0.1, 0.15) is 17.2 Å². The number of rotatable bonds is 5. The van der Waals surface area contributed by atoms with Crippen LogP contribution >= 0.6 is 0 Å². The molecule has 14 heteroatoms. The van der Waals surface area contributed by atoms with Crippen molar-refractivity contribution < 1.29 is 40.7 Å². The van der Waals surface area contributed by atoms with E-state index in [-0.39, 0.29) is 56.3 Å². The molecule has 2 saturated heterocycles. The summed E-state index contributed by atoms with van der Waals surface area (Å²) in [6, 6.07) is 5.68. The van der Waals surface area contributed by atoms with Crippen LogP contribution in [0.5, 0.6) is 0 Å². The number of benzene rings is 2. The van der Waals surface area contributed by atoms with Gasteiger partial charge in [0.15, 0.2) is 0 Å². The molecule has 1 spiro atoms. The zero-order valence-electron chi connectivity index (χ0n) is 23.6. The number of amides is 2. The fraction of sp³-hybridized carbons (Fsp3) is 0.414. The zero-order chi connectivity index (χ0) is 31.5. The van der Waals surface area contributed by atoms with Crippen molar-refractivity contribution >= 4 is 33.7 Å². The number of hydrogen-bond donors (Lipinski definition) is 2. The van der Waals surface area contributed by atoms with E-state index in [1.807, 2.05) is 0 Å². The van der Waals surface area contributed by atoms with Crippen LogP contribution in [0.4, 0.5) is 17.6 Å². The van der Waals surface area contributed by atoms with E-state index in [2.05, 4.69) is 10.3 Å². The third-order valence-electron chi connectivity index (χ3n) is 8.03. The van der Waals surface area contributed by atoms with Gasteiger partial charge in [0.05, 0.1) is 24.3 Å². The summed E-state index contributed by atoms with van der Waals surface area (Å²) in [7, 11) is -3.92. The van der Waals surface area contributed by atoms with Crippen molar-refractivity contribution in [3.63, 3.8) is 0 Å². The van der Waals surface area contributed by atoms with Gasteiger partial charge in [-0.05, 0) is 86.7 Å². The number of carbonyl (C=O) groups is 2. The second kappa shape index (κ2) is 10.5. The quantitative estimate of drug-likeness (QED) is 0.496. The van der Waals surface area contributed by atoms with E-state index in [4.69, 9.17) is 0 Å². The molecule has 230 valence electrons. The first-order valence-corrected chi connectivity index (χ1v) is 15.0. The number of hydrogen-bond acceptors (Lipinski definition) is 6. The van der Waals surface area contributed by atoms with Gasteiger partial charge in [-0.15, -0.1) is 0 Å². The Morgan fingerprint density at radius 1 is 1.09 bits per heavy atom. The molecule has 3 heterocycles. The van der Waals surface area contributed by atoms with Crippen LogP contribution in [-0.2, 0) is 21.0 Å². The van der Waals surface area contributed by atoms with Gasteiger partial charge in [0, 0.05) is 29.6 Å². The van der Waals surface area contributed by atoms with Crippen LogP contribution < -0.4 is 5.32 Å². The van der Waals surface area contributed by atoms with Gasteiger partial charge in [0.25, 0.3) is 11.8 Å². The van der Waals surface area contributed by atoms with Crippen molar-refractivity contribution in [2.24, 2.45) is 4.99 Å². The van der Waals surface area contributed by atoms with E-state index in [1.165, 1.54) is 15.3 Å². The van der Waals surface area contributed by atoms with Crippen molar-refractivity contribution in [1.82, 2.24) is 14.5 Å². The molecule has 2 aromatic carbocycles. The van der Waals surface area contributed by atoms with Crippen molar-refractivity contribution in [3.05, 3.63) is 74.9 Å². The summed E-state index contributed by atoms with van der Waals surface area (Å²) in [5, 5.41) is 13.5. The van der Waals surface area contributed by atoms with Crippen molar-refractivity contribution in [2.75, 3.05) is 26.2 Å². The third kappa shape index (κ3) is 5.95. The number of piperidine rings is 1. The van der Waals surface area contributed by atoms with Crippen molar-refractivity contribution in [3.8, 4) is 0 Å². The van der Waals surface area contributed by atoms with Crippen LogP contribution in [0.1, 0.15) is 57.9 Å². The minimum Gasteiger partial charge on any atom is -0.386 e. The second-order valence-electron chi connectivity index (χ2n) is 11.6. The lowest BCUT2D eigenvalue weighted by Gasteiger charge is -2.44. The maximum atomic E-state index is 13.7. The number of amidine groups is 1. The predicted octanol–water partition coefficient (Wildman–Crippen LogP) is 3.38. The van der Waals surface area contributed by atoms with E-state index in [9.17, 15) is 40.7 Å². The number of carbonyl (C=O) groups excluding carboxylic acids is 2. The Kier molecular flexibility index (Phi) is 7.55. The first-order chi connectivity index (χ1) is 19.9. The highest BCUT2D eigenvalue weighted by molar-refractivity contribution is 7.92. The fourth-order valence-corrected chi connectivity index (χ4v) is 6.87. The van der Waals surface area contributed by atoms with Crippen LogP contribution in [0.2, 0.25) is 0 Å². The fourth-order valence-electron chi connectivity index (χ4n) is 5.70. The van der Waals surface area contributed by atoms with Crippen molar-refractivity contribution in [1.29, 1.82) is 0 Å². The van der Waals surface area contributed by atoms with Gasteiger partial charge < -0.3 is 15.3 Å². The van der Waals surface area contributed by atoms with Gasteiger partial charge in [-0.1, -0.05) is 0 Å². The molecule has 0 bridgehead atoms. The minimum absolute atomic E-state index is 0.000968. The summed E-state index contributed by atoms with van der Waals surface area (Å²) in [4.78, 5) is 31.5. The number of sulfonamides is 1. The maximum Gasteiger partial charge on any atom is 0.419 e. The molecule has 9 nitrogen and oxygen atoms in total. The highest BCUT2D eigenvalue weighted by Crippen LogP contribution is 2.35. The standard InChI is InChI=1S/C29H30F4N4O5S/c1-17-12-20(25(38)36-15-27(3,40)16-36)13-18(2)21(17)6-11-43(41,42)37-9-7-28(8-10-37)26(39)34-24(35-28)19-4-5-23(30)22(14-19)29(31,32)33/h4-6,11-14,40H,7-10,15-16H2,1-3H3,(H,34,35,39)/b11-6+. The molecule has 0 unspecified atom stereocenters. The van der Waals surface area contributed by atoms with E-state index in [0.717, 1.165) is 11.5 Å². The number of aliphatic imine (C=N–C) groups is 1. The molecule has 0 atom stereocenters. The molecule has 2 aromatic rings. The number of nitrogens with one attached hydrogen (secondary N) is 1. The largest absolute Gasteiger partial charge is 0.419 e. The van der Waals surface area contributed by atoms with Crippen LogP contribution in [0.25, 0.3) is 6.08 Å². The van der Waals surface area contributed by atoms with Crippen LogP contribution in [0, 0.1) is 19.7 Å². The molecular formula is C29H30F4N4O5S. The van der Waals surface area contributed by atoms with Crippen LogP contribution in [-0.4, -0.2) is 77.7 Å². The Labute approximate surface area is 245 Å². The number of alkyl halides is 3. The number of aliphatic hydroxyl groups is 1. The topological polar surface area (TPSA) is 119 Å². The summed E-state index contributed by atoms with van der Waals surface area (Å²) >= 11 is 0. The molecule has 0 aliphatic carbocycles. The average molecular weight is 623 g/mol. The summed E-state index contributed by atoms with van der Waals surface area (Å²) < 4.78 is 80.8. The monoisotopic (exact) mass is 622 g/mol. The molecule has 5 rings (SSSR count). The summed E-state index contributed by atoms with van der Waals surface area (Å²) in [5.41, 5.74) is -1.37. The molecule has 2 fully saturated rings. The molecule has 0 radical (unpaired) electrons. The SMILES string of the molecule is Cc1cc(C(=O)N2CC(C)(O)C2)cc(C)c1/C=C/S(=O)(=O)N1CCC2(CC1)N=C(c1ccc(F)c(C(F)(F)F)c1)NC2=O. The normalized spacial score (nSPS) is 20.3. The molecule has 43 heavy (non-hydrogen) atoms. The number of halogens is 4. The lowest BCUT2D eigenvalue weighted by Crippen LogP contribution is -2.61. The lowest BCUT2D eigenvalue weighted by atomic mass is 9.89. The van der Waals surface area contributed by atoms with Gasteiger partial charge in [-0.2, -0.15) is 17.5 Å². The van der Waals surface area contributed by atoms with E-state index < -0.39 is 44.6 Å². The highest BCUT2D eigenvalue weighted by Gasteiger charge is 2.47. The molecule has 3 aliphatic heterocycles. The van der Waals surface area contributed by atoms with Gasteiger partial charge in [-0.3, -0.25) is 14.6 Å². The number of likely N-dealkylation sites (tertiary alicyclic amines) is 1. The lowest BCUT2D eigenvalue weighted by molar-refractivity contribution is -0.140. The number of aryl methyl sites for hydroxylation is 2. The van der Waals surface area contributed by atoms with E-state index in [1.54, 1.807) is 32.9 Å². The average Bonchev–Trinajstić information content (AvgIpc) is 3.21. The molecule has 0 aromatic heterocycles. The van der Waals surface area contributed by atoms with E-state index in [0.29, 0.717) is 34.4 Å². The van der Waals surface area contributed by atoms with Crippen LogP contribution in [0.15, 0.2) is 40.7 Å². The molecule has 3 aliphatic rings.